The first kappa shape index (κ1) is 16.9. The lowest BCUT2D eigenvalue weighted by molar-refractivity contribution is 0.0921. The predicted molar refractivity (Wildman–Crippen MR) is 77.4 cm³/mol. The number of ether oxygens (including phenoxy) is 1. The standard InChI is InChI=1S/C12H20N4O5S/c1-16(2)22(18,19)7-8-4-20-5-9(8)15-12(17)10-6-21-11(3-13)14-10/h6,8-9H,3-5,7,13H2,1-2H3,(H,15,17)/t8-,9+/m0/s1. The molecule has 1 aliphatic heterocycles. The zero-order chi connectivity index (χ0) is 16.3. The van der Waals surface area contributed by atoms with E-state index in [1.165, 1.54) is 20.4 Å². The van der Waals surface area contributed by atoms with Gasteiger partial charge in [0, 0.05) is 20.0 Å². The molecule has 0 aliphatic carbocycles. The van der Waals surface area contributed by atoms with Gasteiger partial charge in [-0.2, -0.15) is 0 Å². The molecule has 2 heterocycles. The normalized spacial score (nSPS) is 22.2. The van der Waals surface area contributed by atoms with Gasteiger partial charge in [0.15, 0.2) is 5.69 Å². The minimum absolute atomic E-state index is 0.0855. The van der Waals surface area contributed by atoms with Crippen LogP contribution in [-0.4, -0.2) is 62.7 Å². The highest BCUT2D eigenvalue weighted by Crippen LogP contribution is 2.17. The molecule has 0 spiro atoms. The van der Waals surface area contributed by atoms with Crippen LogP contribution in [0.1, 0.15) is 16.4 Å². The molecule has 2 rings (SSSR count). The van der Waals surface area contributed by atoms with Crippen molar-refractivity contribution in [3.63, 3.8) is 0 Å². The van der Waals surface area contributed by atoms with Gasteiger partial charge in [-0.1, -0.05) is 0 Å². The number of amides is 1. The maximum Gasteiger partial charge on any atom is 0.273 e. The Morgan fingerprint density at radius 1 is 1.50 bits per heavy atom. The fourth-order valence-electron chi connectivity index (χ4n) is 2.09. The quantitative estimate of drug-likeness (QED) is 0.667. The van der Waals surface area contributed by atoms with Crippen molar-refractivity contribution in [2.75, 3.05) is 33.1 Å². The number of carbonyl (C=O) groups is 1. The van der Waals surface area contributed by atoms with E-state index in [2.05, 4.69) is 10.3 Å². The summed E-state index contributed by atoms with van der Waals surface area (Å²) >= 11 is 0. The van der Waals surface area contributed by atoms with Crippen LogP contribution in [0.15, 0.2) is 10.7 Å². The topological polar surface area (TPSA) is 128 Å². The molecule has 1 aromatic rings. The van der Waals surface area contributed by atoms with Crippen molar-refractivity contribution in [3.8, 4) is 0 Å². The van der Waals surface area contributed by atoms with Gasteiger partial charge in [-0.25, -0.2) is 17.7 Å². The Morgan fingerprint density at radius 2 is 2.23 bits per heavy atom. The lowest BCUT2D eigenvalue weighted by Gasteiger charge is -2.20. The average Bonchev–Trinajstić information content (AvgIpc) is 3.08. The second-order valence-corrected chi connectivity index (χ2v) is 7.50. The van der Waals surface area contributed by atoms with Gasteiger partial charge in [0.1, 0.15) is 6.26 Å². The van der Waals surface area contributed by atoms with Gasteiger partial charge in [0.25, 0.3) is 5.91 Å². The molecule has 124 valence electrons. The van der Waals surface area contributed by atoms with Gasteiger partial charge in [0.2, 0.25) is 15.9 Å². The maximum atomic E-state index is 12.1. The summed E-state index contributed by atoms with van der Waals surface area (Å²) in [5, 5.41) is 2.73. The minimum atomic E-state index is -3.36. The van der Waals surface area contributed by atoms with Crippen LogP contribution >= 0.6 is 0 Å². The molecule has 1 amide bonds. The summed E-state index contributed by atoms with van der Waals surface area (Å²) in [6, 6.07) is -0.389. The fraction of sp³-hybridized carbons (Fsp3) is 0.667. The molecule has 10 heteroatoms. The number of carbonyl (C=O) groups excluding carboxylic acids is 1. The molecule has 1 aromatic heterocycles. The van der Waals surface area contributed by atoms with Crippen LogP contribution in [-0.2, 0) is 21.3 Å². The highest BCUT2D eigenvalue weighted by molar-refractivity contribution is 7.89. The Labute approximate surface area is 128 Å². The van der Waals surface area contributed by atoms with Crippen molar-refractivity contribution in [2.24, 2.45) is 11.7 Å². The second kappa shape index (κ2) is 6.73. The molecular weight excluding hydrogens is 312 g/mol. The molecule has 0 unspecified atom stereocenters. The molecule has 0 aromatic carbocycles. The molecular formula is C12H20N4O5S. The number of hydrogen-bond acceptors (Lipinski definition) is 7. The number of nitrogens with zero attached hydrogens (tertiary/aromatic N) is 2. The van der Waals surface area contributed by atoms with Gasteiger partial charge in [-0.15, -0.1) is 0 Å². The molecule has 0 bridgehead atoms. The van der Waals surface area contributed by atoms with Crippen molar-refractivity contribution in [1.29, 1.82) is 0 Å². The van der Waals surface area contributed by atoms with Gasteiger partial charge in [0.05, 0.1) is 31.6 Å². The largest absolute Gasteiger partial charge is 0.447 e. The van der Waals surface area contributed by atoms with Crippen LogP contribution < -0.4 is 11.1 Å². The van der Waals surface area contributed by atoms with Crippen LogP contribution in [0.4, 0.5) is 0 Å². The van der Waals surface area contributed by atoms with Gasteiger partial charge < -0.3 is 20.2 Å². The first-order valence-corrected chi connectivity index (χ1v) is 8.37. The smallest absolute Gasteiger partial charge is 0.273 e. The summed E-state index contributed by atoms with van der Waals surface area (Å²) < 4.78 is 35.4. The predicted octanol–water partition coefficient (Wildman–Crippen LogP) is -1.23. The Bertz CT molecular complexity index is 627. The third-order valence-corrected chi connectivity index (χ3v) is 5.42. The fourth-order valence-corrected chi connectivity index (χ4v) is 3.26. The van der Waals surface area contributed by atoms with Crippen molar-refractivity contribution in [1.82, 2.24) is 14.6 Å². The van der Waals surface area contributed by atoms with Crippen molar-refractivity contribution >= 4 is 15.9 Å². The molecule has 2 atom stereocenters. The third kappa shape index (κ3) is 3.83. The number of sulfonamides is 1. The highest BCUT2D eigenvalue weighted by Gasteiger charge is 2.34. The van der Waals surface area contributed by atoms with Gasteiger partial charge in [-0.3, -0.25) is 4.79 Å². The summed E-state index contributed by atoms with van der Waals surface area (Å²) in [5.74, 6) is -0.569. The molecule has 1 saturated heterocycles. The molecule has 22 heavy (non-hydrogen) atoms. The lowest BCUT2D eigenvalue weighted by Crippen LogP contribution is -2.43. The summed E-state index contributed by atoms with van der Waals surface area (Å²) in [4.78, 5) is 16.0. The van der Waals surface area contributed by atoms with Crippen LogP contribution in [0.5, 0.6) is 0 Å². The monoisotopic (exact) mass is 332 g/mol. The number of nitrogens with two attached hydrogens (primary N) is 1. The first-order valence-electron chi connectivity index (χ1n) is 6.76. The molecule has 1 fully saturated rings. The molecule has 0 saturated carbocycles. The van der Waals surface area contributed by atoms with Crippen molar-refractivity contribution in [3.05, 3.63) is 17.8 Å². The number of rotatable bonds is 6. The second-order valence-electron chi connectivity index (χ2n) is 5.27. The Hall–Kier alpha value is -1.49. The van der Waals surface area contributed by atoms with Gasteiger partial charge in [-0.05, 0) is 0 Å². The molecule has 9 nitrogen and oxygen atoms in total. The zero-order valence-corrected chi connectivity index (χ0v) is 13.3. The Balaban J connectivity index is 2.00. The van der Waals surface area contributed by atoms with E-state index in [4.69, 9.17) is 14.9 Å². The number of nitrogens with one attached hydrogen (secondary N) is 1. The third-order valence-electron chi connectivity index (χ3n) is 3.45. The van der Waals surface area contributed by atoms with Crippen molar-refractivity contribution < 1.29 is 22.4 Å². The van der Waals surface area contributed by atoms with Crippen LogP contribution in [0, 0.1) is 5.92 Å². The highest BCUT2D eigenvalue weighted by atomic mass is 32.2. The minimum Gasteiger partial charge on any atom is -0.447 e. The van der Waals surface area contributed by atoms with Gasteiger partial charge >= 0.3 is 0 Å². The van der Waals surface area contributed by atoms with E-state index in [0.717, 1.165) is 4.31 Å². The summed E-state index contributed by atoms with van der Waals surface area (Å²) in [5.41, 5.74) is 5.48. The van der Waals surface area contributed by atoms with Crippen LogP contribution in [0.3, 0.4) is 0 Å². The van der Waals surface area contributed by atoms with E-state index in [0.29, 0.717) is 0 Å². The Morgan fingerprint density at radius 3 is 2.82 bits per heavy atom. The molecule has 0 radical (unpaired) electrons. The lowest BCUT2D eigenvalue weighted by atomic mass is 10.1. The van der Waals surface area contributed by atoms with E-state index in [1.807, 2.05) is 0 Å². The van der Waals surface area contributed by atoms with E-state index in [1.54, 1.807) is 0 Å². The van der Waals surface area contributed by atoms with Crippen molar-refractivity contribution in [2.45, 2.75) is 12.6 Å². The average molecular weight is 332 g/mol. The number of oxazole rings is 1. The molecule has 1 aliphatic rings. The number of hydrogen-bond donors (Lipinski definition) is 2. The number of aromatic nitrogens is 1. The van der Waals surface area contributed by atoms with E-state index in [-0.39, 0.29) is 49.1 Å². The SMILES string of the molecule is CN(C)S(=O)(=O)C[C@@H]1COC[C@H]1NC(=O)c1coc(CN)n1. The van der Waals surface area contributed by atoms with E-state index >= 15 is 0 Å². The summed E-state index contributed by atoms with van der Waals surface area (Å²) in [6.07, 6.45) is 1.22. The van der Waals surface area contributed by atoms with E-state index in [9.17, 15) is 13.2 Å². The van der Waals surface area contributed by atoms with E-state index < -0.39 is 15.9 Å². The summed E-state index contributed by atoms with van der Waals surface area (Å²) in [6.45, 7) is 0.648. The maximum absolute atomic E-state index is 12.1. The first-order chi connectivity index (χ1) is 10.3. The Kier molecular flexibility index (Phi) is 5.16. The van der Waals surface area contributed by atoms with Crippen LogP contribution in [0.25, 0.3) is 0 Å². The zero-order valence-electron chi connectivity index (χ0n) is 12.5. The molecule has 3 N–H and O–H groups in total. The van der Waals surface area contributed by atoms with Crippen LogP contribution in [0.2, 0.25) is 0 Å². The summed E-state index contributed by atoms with van der Waals surface area (Å²) in [7, 11) is -0.414.